The summed E-state index contributed by atoms with van der Waals surface area (Å²) in [5.41, 5.74) is 4.60. The van der Waals surface area contributed by atoms with E-state index in [-0.39, 0.29) is 12.0 Å². The van der Waals surface area contributed by atoms with E-state index in [0.717, 1.165) is 29.5 Å². The Labute approximate surface area is 185 Å². The highest BCUT2D eigenvalue weighted by Crippen LogP contribution is 2.39. The second-order valence-electron chi connectivity index (χ2n) is 8.48. The van der Waals surface area contributed by atoms with Crippen LogP contribution in [-0.2, 0) is 11.3 Å². The largest absolute Gasteiger partial charge is 0.374 e. The number of hydrogen-bond donors (Lipinski definition) is 1. The van der Waals surface area contributed by atoms with Crippen molar-refractivity contribution in [3.63, 3.8) is 0 Å². The second kappa shape index (κ2) is 8.20. The molecule has 1 saturated carbocycles. The maximum atomic E-state index is 13.0. The Bertz CT molecular complexity index is 1290. The third-order valence-corrected chi connectivity index (χ3v) is 5.51. The average molecular weight is 431 g/mol. The van der Waals surface area contributed by atoms with Gasteiger partial charge in [0.15, 0.2) is 0 Å². The normalized spacial score (nSPS) is 13.8. The van der Waals surface area contributed by atoms with E-state index in [4.69, 9.17) is 9.26 Å². The fourth-order valence-corrected chi connectivity index (χ4v) is 3.47. The molecule has 164 valence electrons. The van der Waals surface area contributed by atoms with Gasteiger partial charge in [-0.15, -0.1) is 0 Å². The number of anilines is 1. The van der Waals surface area contributed by atoms with Gasteiger partial charge in [0, 0.05) is 23.4 Å². The molecule has 1 aliphatic rings. The minimum atomic E-state index is -0.240. The lowest BCUT2D eigenvalue weighted by Crippen LogP contribution is -2.15. The number of fused-ring (bicyclic) bond motifs is 1. The van der Waals surface area contributed by atoms with Crippen molar-refractivity contribution in [1.29, 1.82) is 0 Å². The number of imidazole rings is 1. The molecule has 1 amide bonds. The summed E-state index contributed by atoms with van der Waals surface area (Å²) in [6.45, 7) is 6.45. The van der Waals surface area contributed by atoms with Crippen LogP contribution >= 0.6 is 0 Å². The lowest BCUT2D eigenvalue weighted by Gasteiger charge is -2.10. The standard InChI is InChI=1S/C24H25N5O3/c1-14(2)31-13-16-8-9-29-20(12-25-21(29)10-16)23(30)26-19-11-18(5-4-15(19)3)22-27-24(32-28-22)17-6-7-17/h4-5,8-12,14,17H,6-7,13H2,1-3H3,(H,26,30). The van der Waals surface area contributed by atoms with E-state index in [1.165, 1.54) is 0 Å². The molecular weight excluding hydrogens is 406 g/mol. The van der Waals surface area contributed by atoms with Gasteiger partial charge in [-0.3, -0.25) is 9.20 Å². The van der Waals surface area contributed by atoms with Gasteiger partial charge in [0.2, 0.25) is 11.7 Å². The molecule has 1 aromatic carbocycles. The topological polar surface area (TPSA) is 94.6 Å². The summed E-state index contributed by atoms with van der Waals surface area (Å²) in [6.07, 6.45) is 5.78. The van der Waals surface area contributed by atoms with E-state index < -0.39 is 0 Å². The van der Waals surface area contributed by atoms with E-state index in [2.05, 4.69) is 20.4 Å². The van der Waals surface area contributed by atoms with Crippen molar-refractivity contribution < 1.29 is 14.1 Å². The van der Waals surface area contributed by atoms with Crippen LogP contribution < -0.4 is 5.32 Å². The zero-order valence-electron chi connectivity index (χ0n) is 18.3. The van der Waals surface area contributed by atoms with Crippen molar-refractivity contribution in [2.24, 2.45) is 0 Å². The van der Waals surface area contributed by atoms with Gasteiger partial charge in [-0.25, -0.2) is 4.98 Å². The highest BCUT2D eigenvalue weighted by molar-refractivity contribution is 6.04. The molecule has 0 radical (unpaired) electrons. The van der Waals surface area contributed by atoms with Crippen molar-refractivity contribution in [3.8, 4) is 11.4 Å². The van der Waals surface area contributed by atoms with Gasteiger partial charge < -0.3 is 14.6 Å². The molecule has 0 saturated heterocycles. The van der Waals surface area contributed by atoms with Crippen LogP contribution in [0.4, 0.5) is 5.69 Å². The zero-order chi connectivity index (χ0) is 22.2. The molecule has 32 heavy (non-hydrogen) atoms. The van der Waals surface area contributed by atoms with Crippen LogP contribution in [-0.4, -0.2) is 31.5 Å². The molecular formula is C24H25N5O3. The van der Waals surface area contributed by atoms with Crippen LogP contribution in [0.1, 0.15) is 60.1 Å². The zero-order valence-corrected chi connectivity index (χ0v) is 18.3. The Morgan fingerprint density at radius 1 is 1.28 bits per heavy atom. The number of ether oxygens (including phenoxy) is 1. The third kappa shape index (κ3) is 4.13. The quantitative estimate of drug-likeness (QED) is 0.454. The smallest absolute Gasteiger partial charge is 0.274 e. The molecule has 1 aliphatic carbocycles. The summed E-state index contributed by atoms with van der Waals surface area (Å²) in [6, 6.07) is 9.61. The first kappa shape index (κ1) is 20.4. The molecule has 8 heteroatoms. The SMILES string of the molecule is Cc1ccc(-c2noc(C3CC3)n2)cc1NC(=O)c1cnc2cc(COC(C)C)ccn12. The number of benzene rings is 1. The molecule has 4 aromatic rings. The third-order valence-electron chi connectivity index (χ3n) is 5.51. The van der Waals surface area contributed by atoms with Crippen LogP contribution in [0.3, 0.4) is 0 Å². The lowest BCUT2D eigenvalue weighted by atomic mass is 10.1. The minimum absolute atomic E-state index is 0.152. The number of pyridine rings is 1. The summed E-state index contributed by atoms with van der Waals surface area (Å²) in [4.78, 5) is 21.9. The molecule has 5 rings (SSSR count). The van der Waals surface area contributed by atoms with Crippen LogP contribution in [0.5, 0.6) is 0 Å². The van der Waals surface area contributed by atoms with Gasteiger partial charge in [-0.1, -0.05) is 17.3 Å². The summed E-state index contributed by atoms with van der Waals surface area (Å²) >= 11 is 0. The van der Waals surface area contributed by atoms with E-state index in [1.807, 2.05) is 57.3 Å². The Balaban J connectivity index is 1.36. The summed E-state index contributed by atoms with van der Waals surface area (Å²) in [5, 5.41) is 7.10. The van der Waals surface area contributed by atoms with Gasteiger partial charge in [0.05, 0.1) is 18.9 Å². The highest BCUT2D eigenvalue weighted by Gasteiger charge is 2.29. The Morgan fingerprint density at radius 3 is 2.91 bits per heavy atom. The van der Waals surface area contributed by atoms with Crippen LogP contribution in [0, 0.1) is 6.92 Å². The van der Waals surface area contributed by atoms with Crippen molar-refractivity contribution in [3.05, 3.63) is 65.4 Å². The second-order valence-corrected chi connectivity index (χ2v) is 8.48. The van der Waals surface area contributed by atoms with Gasteiger partial charge >= 0.3 is 0 Å². The highest BCUT2D eigenvalue weighted by atomic mass is 16.5. The molecule has 1 N–H and O–H groups in total. The monoisotopic (exact) mass is 431 g/mol. The fraction of sp³-hybridized carbons (Fsp3) is 0.333. The molecule has 3 heterocycles. The van der Waals surface area contributed by atoms with E-state index in [0.29, 0.717) is 41.3 Å². The Morgan fingerprint density at radius 2 is 2.12 bits per heavy atom. The molecule has 0 spiro atoms. The first-order valence-corrected chi connectivity index (χ1v) is 10.8. The van der Waals surface area contributed by atoms with Crippen LogP contribution in [0.2, 0.25) is 0 Å². The number of aromatic nitrogens is 4. The molecule has 0 atom stereocenters. The maximum absolute atomic E-state index is 13.0. The van der Waals surface area contributed by atoms with Gasteiger partial charge in [-0.05, 0) is 62.9 Å². The molecule has 0 bridgehead atoms. The number of nitrogens with one attached hydrogen (secondary N) is 1. The van der Waals surface area contributed by atoms with Gasteiger partial charge in [-0.2, -0.15) is 4.98 Å². The van der Waals surface area contributed by atoms with Gasteiger partial charge in [0.25, 0.3) is 5.91 Å². The van der Waals surface area contributed by atoms with E-state index in [1.54, 1.807) is 10.6 Å². The van der Waals surface area contributed by atoms with Crippen LogP contribution in [0.15, 0.2) is 47.2 Å². The number of amides is 1. The Hall–Kier alpha value is -3.52. The Kier molecular flexibility index (Phi) is 5.22. The summed E-state index contributed by atoms with van der Waals surface area (Å²) in [7, 11) is 0. The first-order valence-electron chi connectivity index (χ1n) is 10.8. The predicted octanol–water partition coefficient (Wildman–Crippen LogP) is 4.75. The number of nitrogens with zero attached hydrogens (tertiary/aromatic N) is 4. The fourth-order valence-electron chi connectivity index (χ4n) is 3.47. The number of hydrogen-bond acceptors (Lipinski definition) is 6. The van der Waals surface area contributed by atoms with Crippen molar-refractivity contribution in [1.82, 2.24) is 19.5 Å². The summed E-state index contributed by atoms with van der Waals surface area (Å²) < 4.78 is 12.8. The van der Waals surface area contributed by atoms with E-state index >= 15 is 0 Å². The maximum Gasteiger partial charge on any atom is 0.274 e. The molecule has 0 aliphatic heterocycles. The number of carbonyl (C=O) groups excluding carboxylic acids is 1. The minimum Gasteiger partial charge on any atom is -0.374 e. The lowest BCUT2D eigenvalue weighted by molar-refractivity contribution is 0.0657. The molecule has 8 nitrogen and oxygen atoms in total. The average Bonchev–Trinajstić information content (AvgIpc) is 3.35. The number of aryl methyl sites for hydroxylation is 1. The molecule has 0 unspecified atom stereocenters. The number of carbonyl (C=O) groups is 1. The molecule has 1 fully saturated rings. The van der Waals surface area contributed by atoms with Gasteiger partial charge in [0.1, 0.15) is 11.3 Å². The van der Waals surface area contributed by atoms with Crippen LogP contribution in [0.25, 0.3) is 17.0 Å². The van der Waals surface area contributed by atoms with Crippen molar-refractivity contribution in [2.45, 2.75) is 52.2 Å². The van der Waals surface area contributed by atoms with E-state index in [9.17, 15) is 4.79 Å². The molecule has 3 aromatic heterocycles. The first-order chi connectivity index (χ1) is 15.5. The van der Waals surface area contributed by atoms with Crippen molar-refractivity contribution >= 4 is 17.2 Å². The predicted molar refractivity (Wildman–Crippen MR) is 120 cm³/mol. The van der Waals surface area contributed by atoms with Crippen molar-refractivity contribution in [2.75, 3.05) is 5.32 Å². The number of rotatable bonds is 7. The summed E-state index contributed by atoms with van der Waals surface area (Å²) in [5.74, 6) is 1.38.